The zero-order chi connectivity index (χ0) is 19.8. The molecular weight excluding hydrogens is 386 g/mol. The summed E-state index contributed by atoms with van der Waals surface area (Å²) in [4.78, 5) is 11.7. The number of aromatic hydroxyl groups is 1. The summed E-state index contributed by atoms with van der Waals surface area (Å²) in [7, 11) is -5.86. The molecule has 1 aromatic carbocycles. The first-order valence-electron chi connectivity index (χ1n) is 6.12. The lowest BCUT2D eigenvalue weighted by atomic mass is 10.0. The van der Waals surface area contributed by atoms with Crippen LogP contribution in [0, 0.1) is 6.92 Å². The van der Waals surface area contributed by atoms with Gasteiger partial charge in [0.05, 0.1) is 5.56 Å². The fourth-order valence-corrected chi connectivity index (χ4v) is 2.58. The number of phenols is 1. The summed E-state index contributed by atoms with van der Waals surface area (Å²) in [6, 6.07) is 2.32. The molecule has 0 aliphatic heterocycles. The van der Waals surface area contributed by atoms with Gasteiger partial charge in [-0.15, -0.1) is 0 Å². The van der Waals surface area contributed by atoms with Gasteiger partial charge in [0.15, 0.2) is 0 Å². The minimum Gasteiger partial charge on any atom is -0.508 e. The first-order valence-corrected chi connectivity index (χ1v) is 7.73. The number of alkyl halides is 6. The van der Waals surface area contributed by atoms with Crippen LogP contribution in [0.1, 0.15) is 15.9 Å². The lowest BCUT2D eigenvalue weighted by Gasteiger charge is -2.35. The fourth-order valence-electron chi connectivity index (χ4n) is 1.68. The Hall–Kier alpha value is -2.02. The number of carbonyl (C=O) groups excluding carboxylic acids is 1. The average molecular weight is 396 g/mol. The number of aryl methyl sites for hydroxylation is 1. The number of halogens is 6. The Morgan fingerprint density at radius 1 is 1.12 bits per heavy atom. The van der Waals surface area contributed by atoms with Crippen LogP contribution in [-0.2, 0) is 14.9 Å². The van der Waals surface area contributed by atoms with E-state index in [1.165, 1.54) is 6.92 Å². The molecular formula is C12H10F6O6S. The lowest BCUT2D eigenvalue weighted by Crippen LogP contribution is -2.63. The van der Waals surface area contributed by atoms with Crippen molar-refractivity contribution in [1.29, 1.82) is 0 Å². The molecule has 0 spiro atoms. The maximum atomic E-state index is 13.0. The van der Waals surface area contributed by atoms with Crippen molar-refractivity contribution in [2.45, 2.75) is 24.9 Å². The molecule has 0 radical (unpaired) electrons. The van der Waals surface area contributed by atoms with Gasteiger partial charge in [0.25, 0.3) is 10.1 Å². The fraction of sp³-hybridized carbons (Fsp3) is 0.417. The van der Waals surface area contributed by atoms with Crippen molar-refractivity contribution >= 4 is 16.1 Å². The summed E-state index contributed by atoms with van der Waals surface area (Å²) >= 11 is 0. The maximum absolute atomic E-state index is 13.0. The van der Waals surface area contributed by atoms with Crippen molar-refractivity contribution in [2.24, 2.45) is 0 Å². The predicted octanol–water partition coefficient (Wildman–Crippen LogP) is 2.61. The molecule has 0 atom stereocenters. The molecule has 0 aliphatic rings. The van der Waals surface area contributed by atoms with Crippen LogP contribution in [0.5, 0.6) is 5.75 Å². The summed E-state index contributed by atoms with van der Waals surface area (Å²) in [5.41, 5.74) is -6.23. The van der Waals surface area contributed by atoms with E-state index in [9.17, 15) is 44.7 Å². The molecule has 1 rings (SSSR count). The van der Waals surface area contributed by atoms with Gasteiger partial charge >= 0.3 is 23.9 Å². The van der Waals surface area contributed by atoms with Crippen molar-refractivity contribution in [3.63, 3.8) is 0 Å². The standard InChI is InChI=1S/C12H10F6O6S/c1-6-2-3-7(4-8(6)19)9(20)24-10(11(13,14)15,12(16,17)18)5-25(21,22)23/h2-4,19H,5H2,1H3,(H,21,22,23). The summed E-state index contributed by atoms with van der Waals surface area (Å²) in [5.74, 6) is -5.79. The van der Waals surface area contributed by atoms with Crippen LogP contribution in [0.15, 0.2) is 18.2 Å². The average Bonchev–Trinajstić information content (AvgIpc) is 2.36. The summed E-state index contributed by atoms with van der Waals surface area (Å²) in [6.45, 7) is 1.33. The van der Waals surface area contributed by atoms with Gasteiger partial charge < -0.3 is 9.84 Å². The zero-order valence-electron chi connectivity index (χ0n) is 12.1. The van der Waals surface area contributed by atoms with E-state index in [0.717, 1.165) is 12.1 Å². The van der Waals surface area contributed by atoms with Gasteiger partial charge in [-0.1, -0.05) is 6.07 Å². The summed E-state index contributed by atoms with van der Waals surface area (Å²) in [5, 5.41) is 9.37. The molecule has 0 aliphatic carbocycles. The summed E-state index contributed by atoms with van der Waals surface area (Å²) < 4.78 is 111. The smallest absolute Gasteiger partial charge is 0.438 e. The number of hydrogen-bond acceptors (Lipinski definition) is 5. The molecule has 6 nitrogen and oxygen atoms in total. The normalized spacial score (nSPS) is 13.6. The molecule has 142 valence electrons. The molecule has 13 heteroatoms. The van der Waals surface area contributed by atoms with Gasteiger partial charge in [0.1, 0.15) is 11.5 Å². The monoisotopic (exact) mass is 396 g/mol. The van der Waals surface area contributed by atoms with Crippen molar-refractivity contribution in [2.75, 3.05) is 5.75 Å². The van der Waals surface area contributed by atoms with Crippen LogP contribution in [0.4, 0.5) is 26.3 Å². The molecule has 0 saturated carbocycles. The molecule has 25 heavy (non-hydrogen) atoms. The van der Waals surface area contributed by atoms with Gasteiger partial charge in [-0.3, -0.25) is 4.55 Å². The van der Waals surface area contributed by atoms with Crippen molar-refractivity contribution in [3.8, 4) is 5.75 Å². The maximum Gasteiger partial charge on any atom is 0.438 e. The number of phenolic OH excluding ortho intramolecular Hbond substituents is 1. The van der Waals surface area contributed by atoms with E-state index in [2.05, 4.69) is 4.74 Å². The number of rotatable bonds is 4. The van der Waals surface area contributed by atoms with E-state index >= 15 is 0 Å². The Kier molecular flexibility index (Phi) is 5.35. The van der Waals surface area contributed by atoms with Crippen LogP contribution in [0.2, 0.25) is 0 Å². The first-order chi connectivity index (χ1) is 11.0. The Balaban J connectivity index is 3.46. The SMILES string of the molecule is Cc1ccc(C(=O)OC(CS(=O)(=O)O)(C(F)(F)F)C(F)(F)F)cc1O. The van der Waals surface area contributed by atoms with Crippen LogP contribution >= 0.6 is 0 Å². The highest BCUT2D eigenvalue weighted by Gasteiger charge is 2.76. The van der Waals surface area contributed by atoms with E-state index in [4.69, 9.17) is 4.55 Å². The number of ether oxygens (including phenoxy) is 1. The molecule has 0 amide bonds. The van der Waals surface area contributed by atoms with Crippen molar-refractivity contribution in [3.05, 3.63) is 29.3 Å². The van der Waals surface area contributed by atoms with Crippen molar-refractivity contribution in [1.82, 2.24) is 0 Å². The second kappa shape index (κ2) is 6.37. The van der Waals surface area contributed by atoms with E-state index in [1.807, 2.05) is 0 Å². The van der Waals surface area contributed by atoms with Gasteiger partial charge in [0.2, 0.25) is 0 Å². The zero-order valence-corrected chi connectivity index (χ0v) is 13.0. The second-order valence-electron chi connectivity index (χ2n) is 4.94. The number of hydrogen-bond donors (Lipinski definition) is 2. The second-order valence-corrected chi connectivity index (χ2v) is 6.39. The van der Waals surface area contributed by atoms with Crippen LogP contribution in [0.25, 0.3) is 0 Å². The molecule has 2 N–H and O–H groups in total. The van der Waals surface area contributed by atoms with E-state index in [1.54, 1.807) is 0 Å². The molecule has 0 heterocycles. The van der Waals surface area contributed by atoms with Crippen molar-refractivity contribution < 1.29 is 54.0 Å². The van der Waals surface area contributed by atoms with Gasteiger partial charge in [-0.25, -0.2) is 4.79 Å². The Bertz CT molecular complexity index is 753. The third-order valence-electron chi connectivity index (χ3n) is 3.01. The number of esters is 1. The number of carbonyl (C=O) groups is 1. The van der Waals surface area contributed by atoms with Crippen LogP contribution < -0.4 is 0 Å². The molecule has 0 unspecified atom stereocenters. The molecule has 0 saturated heterocycles. The lowest BCUT2D eigenvalue weighted by molar-refractivity contribution is -0.356. The minimum atomic E-state index is -6.41. The third-order valence-corrected chi connectivity index (χ3v) is 3.78. The highest BCUT2D eigenvalue weighted by atomic mass is 32.2. The van der Waals surface area contributed by atoms with Gasteiger partial charge in [-0.05, 0) is 24.6 Å². The van der Waals surface area contributed by atoms with Gasteiger partial charge in [0, 0.05) is 0 Å². The van der Waals surface area contributed by atoms with Crippen LogP contribution in [-0.4, -0.2) is 47.8 Å². The topological polar surface area (TPSA) is 101 Å². The van der Waals surface area contributed by atoms with E-state index in [-0.39, 0.29) is 5.56 Å². The Morgan fingerprint density at radius 2 is 1.60 bits per heavy atom. The van der Waals surface area contributed by atoms with E-state index < -0.39 is 51.1 Å². The van der Waals surface area contributed by atoms with Gasteiger partial charge in [-0.2, -0.15) is 34.8 Å². The Labute approximate surface area is 136 Å². The molecule has 1 aromatic rings. The summed E-state index contributed by atoms with van der Waals surface area (Å²) in [6.07, 6.45) is -12.8. The molecule has 0 fully saturated rings. The van der Waals surface area contributed by atoms with E-state index in [0.29, 0.717) is 6.07 Å². The minimum absolute atomic E-state index is 0.160. The van der Waals surface area contributed by atoms with Crippen LogP contribution in [0.3, 0.4) is 0 Å². The predicted molar refractivity (Wildman–Crippen MR) is 69.5 cm³/mol. The Morgan fingerprint density at radius 3 is 1.96 bits per heavy atom. The molecule has 0 aromatic heterocycles. The highest BCUT2D eigenvalue weighted by Crippen LogP contribution is 2.47. The highest BCUT2D eigenvalue weighted by molar-refractivity contribution is 7.85. The third kappa shape index (κ3) is 4.54. The first kappa shape index (κ1) is 21.0. The molecule has 0 bridgehead atoms. The largest absolute Gasteiger partial charge is 0.508 e. The number of benzene rings is 1. The quantitative estimate of drug-likeness (QED) is 0.461.